The third-order valence-corrected chi connectivity index (χ3v) is 1.30. The molecule has 0 heterocycles. The molecule has 0 amide bonds. The number of rotatable bonds is 4. The number of halogens is 1. The molecule has 0 bridgehead atoms. The smallest absolute Gasteiger partial charge is 0.108 e. The van der Waals surface area contributed by atoms with Crippen LogP contribution in [0, 0.1) is 5.92 Å². The van der Waals surface area contributed by atoms with Crippen LogP contribution in [0.25, 0.3) is 0 Å². The van der Waals surface area contributed by atoms with E-state index in [1.54, 1.807) is 6.08 Å². The van der Waals surface area contributed by atoms with Crippen LogP contribution in [0.3, 0.4) is 0 Å². The molecule has 0 radical (unpaired) electrons. The molecule has 0 fully saturated rings. The third kappa shape index (κ3) is 5.54. The van der Waals surface area contributed by atoms with Gasteiger partial charge in [0.1, 0.15) is 6.67 Å². The van der Waals surface area contributed by atoms with Gasteiger partial charge in [0.25, 0.3) is 0 Å². The van der Waals surface area contributed by atoms with E-state index in [0.29, 0.717) is 5.92 Å². The van der Waals surface area contributed by atoms with Gasteiger partial charge in [-0.15, -0.1) is 0 Å². The normalized spacial score (nSPS) is 14.6. The maximum atomic E-state index is 11.5. The first kappa shape index (κ1) is 8.67. The lowest BCUT2D eigenvalue weighted by atomic mass is 10.1. The van der Waals surface area contributed by atoms with Crippen LogP contribution in [0.2, 0.25) is 0 Å². The molecule has 0 spiro atoms. The summed E-state index contributed by atoms with van der Waals surface area (Å²) in [5, 5.41) is 0. The zero-order valence-corrected chi connectivity index (χ0v) is 6.23. The Kier molecular flexibility index (Phi) is 5.59. The molecule has 0 aromatic rings. The molecular weight excluding hydrogens is 115 g/mol. The van der Waals surface area contributed by atoms with E-state index >= 15 is 0 Å². The number of hydrogen-bond acceptors (Lipinski definition) is 0. The van der Waals surface area contributed by atoms with E-state index < -0.39 is 0 Å². The van der Waals surface area contributed by atoms with E-state index in [1.807, 2.05) is 6.08 Å². The van der Waals surface area contributed by atoms with Gasteiger partial charge in [0.15, 0.2) is 0 Å². The molecule has 0 saturated heterocycles. The monoisotopic (exact) mass is 130 g/mol. The summed E-state index contributed by atoms with van der Waals surface area (Å²) in [4.78, 5) is 0. The zero-order valence-electron chi connectivity index (χ0n) is 6.23. The average Bonchev–Trinajstić information content (AvgIpc) is 1.85. The number of hydrogen-bond donors (Lipinski definition) is 0. The van der Waals surface area contributed by atoms with E-state index in [9.17, 15) is 4.39 Å². The maximum Gasteiger partial charge on any atom is 0.108 e. The molecule has 0 rings (SSSR count). The third-order valence-electron chi connectivity index (χ3n) is 1.30. The van der Waals surface area contributed by atoms with Crippen molar-refractivity contribution in [2.24, 2.45) is 5.92 Å². The van der Waals surface area contributed by atoms with Crippen LogP contribution in [-0.2, 0) is 0 Å². The summed E-state index contributed by atoms with van der Waals surface area (Å²) in [5.74, 6) is 0.547. The van der Waals surface area contributed by atoms with E-state index in [1.165, 1.54) is 6.42 Å². The van der Waals surface area contributed by atoms with Crippen LogP contribution >= 0.6 is 0 Å². The number of alkyl halides is 1. The van der Waals surface area contributed by atoms with Crippen molar-refractivity contribution in [3.8, 4) is 0 Å². The van der Waals surface area contributed by atoms with Crippen LogP contribution in [0.15, 0.2) is 12.2 Å². The second-order valence-corrected chi connectivity index (χ2v) is 2.35. The van der Waals surface area contributed by atoms with Crippen molar-refractivity contribution in [2.45, 2.75) is 26.7 Å². The fourth-order valence-electron chi connectivity index (χ4n) is 0.835. The van der Waals surface area contributed by atoms with Gasteiger partial charge < -0.3 is 0 Å². The molecule has 1 heteroatoms. The van der Waals surface area contributed by atoms with Crippen molar-refractivity contribution in [1.29, 1.82) is 0 Å². The van der Waals surface area contributed by atoms with E-state index in [0.717, 1.165) is 6.42 Å². The second kappa shape index (κ2) is 5.80. The highest BCUT2D eigenvalue weighted by Gasteiger charge is 1.91. The summed E-state index contributed by atoms with van der Waals surface area (Å²) >= 11 is 0. The molecule has 0 aliphatic heterocycles. The molecule has 0 aliphatic rings. The summed E-state index contributed by atoms with van der Waals surface area (Å²) in [6.45, 7) is 3.92. The Morgan fingerprint density at radius 3 is 2.67 bits per heavy atom. The molecule has 1 atom stereocenters. The van der Waals surface area contributed by atoms with Crippen LogP contribution in [-0.4, -0.2) is 6.67 Å². The quantitative estimate of drug-likeness (QED) is 0.513. The molecule has 0 saturated carbocycles. The van der Waals surface area contributed by atoms with Gasteiger partial charge in [-0.05, 0) is 12.3 Å². The van der Waals surface area contributed by atoms with Crippen molar-refractivity contribution in [2.75, 3.05) is 6.67 Å². The minimum absolute atomic E-state index is 0.325. The molecular formula is C8H15F. The van der Waals surface area contributed by atoms with E-state index in [2.05, 4.69) is 13.8 Å². The predicted molar refractivity (Wildman–Crippen MR) is 39.2 cm³/mol. The van der Waals surface area contributed by atoms with Crippen molar-refractivity contribution in [3.05, 3.63) is 12.2 Å². The van der Waals surface area contributed by atoms with Crippen LogP contribution in [0.4, 0.5) is 4.39 Å². The van der Waals surface area contributed by atoms with Crippen molar-refractivity contribution < 1.29 is 4.39 Å². The van der Waals surface area contributed by atoms with Gasteiger partial charge >= 0.3 is 0 Å². The SMILES string of the molecule is CCC[C@H](C)/C=C\CF. The maximum absolute atomic E-state index is 11.5. The zero-order chi connectivity index (χ0) is 7.11. The first-order chi connectivity index (χ1) is 4.31. The van der Waals surface area contributed by atoms with Gasteiger partial charge in [0, 0.05) is 0 Å². The molecule has 0 aromatic heterocycles. The lowest BCUT2D eigenvalue weighted by molar-refractivity contribution is 0.554. The summed E-state index contributed by atoms with van der Waals surface area (Å²) < 4.78 is 11.5. The molecule has 0 N–H and O–H groups in total. The van der Waals surface area contributed by atoms with Gasteiger partial charge in [-0.3, -0.25) is 0 Å². The topological polar surface area (TPSA) is 0 Å². The van der Waals surface area contributed by atoms with Gasteiger partial charge in [0.05, 0.1) is 0 Å². The first-order valence-corrected chi connectivity index (χ1v) is 3.53. The van der Waals surface area contributed by atoms with Crippen molar-refractivity contribution in [3.63, 3.8) is 0 Å². The van der Waals surface area contributed by atoms with E-state index in [4.69, 9.17) is 0 Å². The van der Waals surface area contributed by atoms with Crippen LogP contribution in [0.5, 0.6) is 0 Å². The Bertz CT molecular complexity index is 76.6. The highest BCUT2D eigenvalue weighted by atomic mass is 19.1. The predicted octanol–water partition coefficient (Wildman–Crippen LogP) is 2.95. The van der Waals surface area contributed by atoms with Gasteiger partial charge in [-0.25, -0.2) is 4.39 Å². The lowest BCUT2D eigenvalue weighted by Gasteiger charge is -2.00. The van der Waals surface area contributed by atoms with Gasteiger partial charge in [0.2, 0.25) is 0 Å². The molecule has 0 unspecified atom stereocenters. The Balaban J connectivity index is 3.25. The minimum atomic E-state index is -0.325. The second-order valence-electron chi connectivity index (χ2n) is 2.35. The first-order valence-electron chi connectivity index (χ1n) is 3.53. The standard InChI is InChI=1S/C8H15F/c1-3-5-8(2)6-4-7-9/h4,6,8H,3,5,7H2,1-2H3/b6-4-/t8-/m0/s1. The Morgan fingerprint density at radius 1 is 1.56 bits per heavy atom. The van der Waals surface area contributed by atoms with Crippen molar-refractivity contribution >= 4 is 0 Å². The molecule has 54 valence electrons. The molecule has 9 heavy (non-hydrogen) atoms. The molecule has 0 nitrogen and oxygen atoms in total. The Hall–Kier alpha value is -0.330. The van der Waals surface area contributed by atoms with Crippen LogP contribution in [0.1, 0.15) is 26.7 Å². The molecule has 0 aliphatic carbocycles. The Morgan fingerprint density at radius 2 is 2.22 bits per heavy atom. The fourth-order valence-corrected chi connectivity index (χ4v) is 0.835. The van der Waals surface area contributed by atoms with Gasteiger partial charge in [-0.2, -0.15) is 0 Å². The number of allylic oxidation sites excluding steroid dienone is 2. The Labute approximate surface area is 56.8 Å². The summed E-state index contributed by atoms with van der Waals surface area (Å²) in [6, 6.07) is 0. The highest BCUT2D eigenvalue weighted by Crippen LogP contribution is 2.05. The largest absolute Gasteiger partial charge is 0.247 e. The highest BCUT2D eigenvalue weighted by molar-refractivity contribution is 4.85. The van der Waals surface area contributed by atoms with E-state index in [-0.39, 0.29) is 6.67 Å². The minimum Gasteiger partial charge on any atom is -0.247 e. The summed E-state index contributed by atoms with van der Waals surface area (Å²) in [5.41, 5.74) is 0. The molecule has 0 aromatic carbocycles. The summed E-state index contributed by atoms with van der Waals surface area (Å²) in [6.07, 6.45) is 5.86. The van der Waals surface area contributed by atoms with Crippen molar-refractivity contribution in [1.82, 2.24) is 0 Å². The summed E-state index contributed by atoms with van der Waals surface area (Å²) in [7, 11) is 0. The van der Waals surface area contributed by atoms with Gasteiger partial charge in [-0.1, -0.05) is 32.4 Å². The fraction of sp³-hybridized carbons (Fsp3) is 0.750. The average molecular weight is 130 g/mol. The lowest BCUT2D eigenvalue weighted by Crippen LogP contribution is -1.86. The van der Waals surface area contributed by atoms with Crippen LogP contribution < -0.4 is 0 Å².